The first-order chi connectivity index (χ1) is 17.0. The quantitative estimate of drug-likeness (QED) is 0.552. The van der Waals surface area contributed by atoms with Crippen molar-refractivity contribution in [3.05, 3.63) is 54.4 Å². The lowest BCUT2D eigenvalue weighted by atomic mass is 9.88. The fourth-order valence-electron chi connectivity index (χ4n) is 6.13. The zero-order valence-corrected chi connectivity index (χ0v) is 21.5. The summed E-state index contributed by atoms with van der Waals surface area (Å²) in [7, 11) is 0. The van der Waals surface area contributed by atoms with Gasteiger partial charge in [0, 0.05) is 63.6 Å². The topological polar surface area (TPSA) is 72.8 Å². The van der Waals surface area contributed by atoms with Crippen LogP contribution in [0.4, 0.5) is 5.95 Å². The van der Waals surface area contributed by atoms with Gasteiger partial charge in [-0.3, -0.25) is 9.69 Å². The molecule has 2 aliphatic rings. The van der Waals surface area contributed by atoms with Gasteiger partial charge in [0.1, 0.15) is 6.04 Å². The normalized spacial score (nSPS) is 23.0. The first-order valence-electron chi connectivity index (χ1n) is 13.3. The van der Waals surface area contributed by atoms with E-state index >= 15 is 0 Å². The Labute approximate surface area is 210 Å². The van der Waals surface area contributed by atoms with Gasteiger partial charge in [0.05, 0.1) is 0 Å². The Kier molecular flexibility index (Phi) is 8.74. The number of hydrogen-bond donors (Lipinski definition) is 1. The van der Waals surface area contributed by atoms with Crippen LogP contribution in [-0.2, 0) is 4.79 Å². The van der Waals surface area contributed by atoms with E-state index in [1.807, 2.05) is 32.3 Å². The predicted octanol–water partition coefficient (Wildman–Crippen LogP) is 3.98. The molecule has 0 unspecified atom stereocenters. The van der Waals surface area contributed by atoms with Crippen molar-refractivity contribution in [3.8, 4) is 0 Å². The summed E-state index contributed by atoms with van der Waals surface area (Å²) in [5.41, 5.74) is 1.33. The highest BCUT2D eigenvalue weighted by atomic mass is 16.4. The second kappa shape index (κ2) is 12.0. The summed E-state index contributed by atoms with van der Waals surface area (Å²) >= 11 is 0. The average Bonchev–Trinajstić information content (AvgIpc) is 3.26. The summed E-state index contributed by atoms with van der Waals surface area (Å²) in [5, 5.41) is 9.92. The molecule has 2 aromatic rings. The third kappa shape index (κ3) is 6.19. The summed E-state index contributed by atoms with van der Waals surface area (Å²) in [6, 6.07) is 12.6. The van der Waals surface area contributed by atoms with E-state index in [0.717, 1.165) is 64.5 Å². The molecule has 0 bridgehead atoms. The lowest BCUT2D eigenvalue weighted by Crippen LogP contribution is -2.47. The maximum absolute atomic E-state index is 12.1. The molecule has 2 fully saturated rings. The van der Waals surface area contributed by atoms with Crippen LogP contribution in [0.5, 0.6) is 0 Å². The van der Waals surface area contributed by atoms with E-state index in [1.54, 1.807) is 0 Å². The molecule has 2 saturated heterocycles. The first-order valence-corrected chi connectivity index (χ1v) is 13.3. The SMILES string of the molecule is CCCN(c1ncccn1)C1CCN(C[C@H]2CN([C@@H](C(=O)O)C(C)C)C[C@@H]2c2ccccc2)CC1. The number of hydrogen-bond acceptors (Lipinski definition) is 6. The Hall–Kier alpha value is -2.51. The minimum absolute atomic E-state index is 0.0863. The van der Waals surface area contributed by atoms with E-state index in [0.29, 0.717) is 17.9 Å². The predicted molar refractivity (Wildman–Crippen MR) is 140 cm³/mol. The molecule has 3 heterocycles. The van der Waals surface area contributed by atoms with Crippen molar-refractivity contribution in [2.24, 2.45) is 11.8 Å². The van der Waals surface area contributed by atoms with Crippen LogP contribution in [0.2, 0.25) is 0 Å². The van der Waals surface area contributed by atoms with Crippen LogP contribution in [0.3, 0.4) is 0 Å². The van der Waals surface area contributed by atoms with Crippen LogP contribution in [0.15, 0.2) is 48.8 Å². The van der Waals surface area contributed by atoms with Crippen LogP contribution >= 0.6 is 0 Å². The van der Waals surface area contributed by atoms with Gasteiger partial charge in [-0.05, 0) is 42.7 Å². The van der Waals surface area contributed by atoms with Crippen molar-refractivity contribution in [1.29, 1.82) is 0 Å². The number of aromatic nitrogens is 2. The number of likely N-dealkylation sites (tertiary alicyclic amines) is 2. The number of carbonyl (C=O) groups is 1. The van der Waals surface area contributed by atoms with Crippen molar-refractivity contribution in [2.75, 3.05) is 44.2 Å². The Morgan fingerprint density at radius 1 is 1.09 bits per heavy atom. The molecule has 7 heteroatoms. The number of nitrogens with zero attached hydrogens (tertiary/aromatic N) is 5. The number of rotatable bonds is 10. The second-order valence-corrected chi connectivity index (χ2v) is 10.5. The van der Waals surface area contributed by atoms with Gasteiger partial charge < -0.3 is 14.9 Å². The van der Waals surface area contributed by atoms with Crippen molar-refractivity contribution >= 4 is 11.9 Å². The highest BCUT2D eigenvalue weighted by Crippen LogP contribution is 2.36. The summed E-state index contributed by atoms with van der Waals surface area (Å²) in [6.07, 6.45) is 6.95. The maximum atomic E-state index is 12.1. The summed E-state index contributed by atoms with van der Waals surface area (Å²) in [4.78, 5) is 28.3. The molecule has 4 rings (SSSR count). The monoisotopic (exact) mass is 479 g/mol. The molecular formula is C28H41N5O2. The Morgan fingerprint density at radius 3 is 2.37 bits per heavy atom. The Bertz CT molecular complexity index is 917. The zero-order valence-electron chi connectivity index (χ0n) is 21.5. The van der Waals surface area contributed by atoms with Gasteiger partial charge in [0.25, 0.3) is 0 Å². The molecule has 0 saturated carbocycles. The van der Waals surface area contributed by atoms with E-state index in [4.69, 9.17) is 0 Å². The largest absolute Gasteiger partial charge is 0.480 e. The molecule has 190 valence electrons. The van der Waals surface area contributed by atoms with E-state index in [1.165, 1.54) is 5.56 Å². The zero-order chi connectivity index (χ0) is 24.8. The second-order valence-electron chi connectivity index (χ2n) is 10.5. The molecule has 0 aliphatic carbocycles. The highest BCUT2D eigenvalue weighted by molar-refractivity contribution is 5.73. The van der Waals surface area contributed by atoms with Gasteiger partial charge in [-0.1, -0.05) is 51.1 Å². The number of piperidine rings is 1. The van der Waals surface area contributed by atoms with E-state index < -0.39 is 12.0 Å². The van der Waals surface area contributed by atoms with Crippen LogP contribution < -0.4 is 4.90 Å². The van der Waals surface area contributed by atoms with Crippen LogP contribution in [0.25, 0.3) is 0 Å². The number of aliphatic carboxylic acids is 1. The van der Waals surface area contributed by atoms with Crippen molar-refractivity contribution in [2.45, 2.75) is 58.0 Å². The molecule has 0 radical (unpaired) electrons. The fraction of sp³-hybridized carbons (Fsp3) is 0.607. The van der Waals surface area contributed by atoms with E-state index in [-0.39, 0.29) is 5.92 Å². The molecule has 35 heavy (non-hydrogen) atoms. The van der Waals surface area contributed by atoms with Gasteiger partial charge in [-0.25, -0.2) is 9.97 Å². The van der Waals surface area contributed by atoms with Crippen molar-refractivity contribution in [3.63, 3.8) is 0 Å². The smallest absolute Gasteiger partial charge is 0.321 e. The van der Waals surface area contributed by atoms with Crippen molar-refractivity contribution < 1.29 is 9.90 Å². The number of benzene rings is 1. The van der Waals surface area contributed by atoms with Gasteiger partial charge in [0.2, 0.25) is 5.95 Å². The van der Waals surface area contributed by atoms with E-state index in [2.05, 4.69) is 61.9 Å². The summed E-state index contributed by atoms with van der Waals surface area (Å²) in [6.45, 7) is 12.0. The summed E-state index contributed by atoms with van der Waals surface area (Å²) < 4.78 is 0. The minimum Gasteiger partial charge on any atom is -0.480 e. The summed E-state index contributed by atoms with van der Waals surface area (Å²) in [5.74, 6) is 1.02. The Morgan fingerprint density at radius 2 is 1.77 bits per heavy atom. The third-order valence-corrected chi connectivity index (χ3v) is 7.74. The Balaban J connectivity index is 1.43. The van der Waals surface area contributed by atoms with Gasteiger partial charge >= 0.3 is 5.97 Å². The van der Waals surface area contributed by atoms with E-state index in [9.17, 15) is 9.90 Å². The van der Waals surface area contributed by atoms with Crippen LogP contribution in [0.1, 0.15) is 51.5 Å². The minimum atomic E-state index is -0.701. The molecular weight excluding hydrogens is 438 g/mol. The fourth-order valence-corrected chi connectivity index (χ4v) is 6.13. The molecule has 2 aliphatic heterocycles. The molecule has 0 spiro atoms. The lowest BCUT2D eigenvalue weighted by molar-refractivity contribution is -0.144. The molecule has 0 amide bonds. The van der Waals surface area contributed by atoms with Gasteiger partial charge in [0.15, 0.2) is 0 Å². The first kappa shape index (κ1) is 25.6. The number of carboxylic acid groups (broad SMARTS) is 1. The number of carboxylic acids is 1. The third-order valence-electron chi connectivity index (χ3n) is 7.74. The average molecular weight is 480 g/mol. The maximum Gasteiger partial charge on any atom is 0.321 e. The molecule has 1 aromatic heterocycles. The molecule has 7 nitrogen and oxygen atoms in total. The van der Waals surface area contributed by atoms with Gasteiger partial charge in [-0.2, -0.15) is 0 Å². The molecule has 3 atom stereocenters. The highest BCUT2D eigenvalue weighted by Gasteiger charge is 2.41. The standard InChI is InChI=1S/C28H41N5O2/c1-4-15-33(28-29-13-8-14-30-28)24-11-16-31(17-12-24)18-23-19-32(26(21(2)3)27(34)35)20-25(23)22-9-6-5-7-10-22/h5-10,13-14,21,23-26H,4,11-12,15-20H2,1-3H3,(H,34,35)/t23-,25+,26+/m0/s1. The lowest BCUT2D eigenvalue weighted by Gasteiger charge is -2.39. The number of anilines is 1. The molecule has 1 N–H and O–H groups in total. The van der Waals surface area contributed by atoms with Crippen molar-refractivity contribution in [1.82, 2.24) is 19.8 Å². The molecule has 1 aromatic carbocycles. The van der Waals surface area contributed by atoms with Crippen LogP contribution in [0, 0.1) is 11.8 Å². The van der Waals surface area contributed by atoms with Crippen LogP contribution in [-0.4, -0.2) is 82.2 Å². The van der Waals surface area contributed by atoms with Gasteiger partial charge in [-0.15, -0.1) is 0 Å².